The summed E-state index contributed by atoms with van der Waals surface area (Å²) in [6.45, 7) is 3.01. The summed E-state index contributed by atoms with van der Waals surface area (Å²) in [6.07, 6.45) is 2.05. The molecule has 0 aliphatic rings. The number of hydrogen-bond donors (Lipinski definition) is 1. The first-order valence-electron chi connectivity index (χ1n) is 7.09. The zero-order valence-electron chi connectivity index (χ0n) is 12.5. The first kappa shape index (κ1) is 15.3. The van der Waals surface area contributed by atoms with E-state index in [4.69, 9.17) is 4.52 Å². The van der Waals surface area contributed by atoms with E-state index in [0.29, 0.717) is 18.1 Å². The second-order valence-electron chi connectivity index (χ2n) is 5.20. The van der Waals surface area contributed by atoms with Crippen molar-refractivity contribution in [3.63, 3.8) is 0 Å². The maximum absolute atomic E-state index is 11.8. The predicted molar refractivity (Wildman–Crippen MR) is 82.1 cm³/mol. The first-order valence-corrected chi connectivity index (χ1v) is 7.09. The third-order valence-electron chi connectivity index (χ3n) is 3.16. The molecule has 0 spiro atoms. The van der Waals surface area contributed by atoms with Crippen molar-refractivity contribution in [1.82, 2.24) is 10.1 Å². The van der Waals surface area contributed by atoms with Gasteiger partial charge in [-0.05, 0) is 38.9 Å². The highest BCUT2D eigenvalue weighted by Crippen LogP contribution is 2.07. The van der Waals surface area contributed by atoms with Gasteiger partial charge in [-0.3, -0.25) is 9.69 Å². The number of anilines is 1. The molecule has 0 aliphatic carbocycles. The standard InChI is InChI=1S/C16H21N3O2/c1-13-11-15(18-21-13)17-16(20)12-19(2)10-6-9-14-7-4-3-5-8-14/h3-5,7-8,11H,6,9-10,12H2,1-2H3,(H,17,18,20). The molecule has 0 bridgehead atoms. The van der Waals surface area contributed by atoms with Gasteiger partial charge in [0.25, 0.3) is 0 Å². The van der Waals surface area contributed by atoms with Crippen molar-refractivity contribution >= 4 is 11.7 Å². The Labute approximate surface area is 124 Å². The van der Waals surface area contributed by atoms with E-state index in [1.54, 1.807) is 13.0 Å². The SMILES string of the molecule is Cc1cc(NC(=O)CN(C)CCCc2ccccc2)no1. The van der Waals surface area contributed by atoms with Gasteiger partial charge in [-0.1, -0.05) is 35.5 Å². The van der Waals surface area contributed by atoms with Crippen LogP contribution < -0.4 is 5.32 Å². The molecule has 0 atom stereocenters. The number of amides is 1. The number of nitrogens with one attached hydrogen (secondary N) is 1. The van der Waals surface area contributed by atoms with Crippen LogP contribution in [0.5, 0.6) is 0 Å². The van der Waals surface area contributed by atoms with Crippen molar-refractivity contribution in [1.29, 1.82) is 0 Å². The summed E-state index contributed by atoms with van der Waals surface area (Å²) in [5.74, 6) is 1.07. The van der Waals surface area contributed by atoms with Crippen LogP contribution in [-0.4, -0.2) is 36.1 Å². The average Bonchev–Trinajstić information content (AvgIpc) is 2.85. The minimum absolute atomic E-state index is 0.0782. The van der Waals surface area contributed by atoms with Crippen molar-refractivity contribution < 1.29 is 9.32 Å². The van der Waals surface area contributed by atoms with Crippen LogP contribution in [0.3, 0.4) is 0 Å². The number of hydrogen-bond acceptors (Lipinski definition) is 4. The monoisotopic (exact) mass is 287 g/mol. The largest absolute Gasteiger partial charge is 0.360 e. The third-order valence-corrected chi connectivity index (χ3v) is 3.16. The summed E-state index contributed by atoms with van der Waals surface area (Å²) in [5, 5.41) is 6.46. The van der Waals surface area contributed by atoms with E-state index in [-0.39, 0.29) is 5.91 Å². The molecule has 0 aliphatic heterocycles. The number of likely N-dealkylation sites (N-methyl/N-ethyl adjacent to an activating group) is 1. The van der Waals surface area contributed by atoms with Crippen LogP contribution in [0.4, 0.5) is 5.82 Å². The Bertz CT molecular complexity index is 566. The fraction of sp³-hybridized carbons (Fsp3) is 0.375. The fourth-order valence-corrected chi connectivity index (χ4v) is 2.13. The van der Waals surface area contributed by atoms with Gasteiger partial charge in [0, 0.05) is 6.07 Å². The van der Waals surface area contributed by atoms with Gasteiger partial charge in [-0.2, -0.15) is 0 Å². The zero-order valence-corrected chi connectivity index (χ0v) is 12.5. The summed E-state index contributed by atoms with van der Waals surface area (Å²) in [7, 11) is 1.94. The number of carbonyl (C=O) groups is 1. The molecular weight excluding hydrogens is 266 g/mol. The molecule has 0 radical (unpaired) electrons. The molecular formula is C16H21N3O2. The Morgan fingerprint density at radius 2 is 2.10 bits per heavy atom. The van der Waals surface area contributed by atoms with Crippen molar-refractivity contribution in [3.8, 4) is 0 Å². The normalized spacial score (nSPS) is 10.8. The van der Waals surface area contributed by atoms with E-state index >= 15 is 0 Å². The molecule has 0 saturated heterocycles. The van der Waals surface area contributed by atoms with Crippen LogP contribution in [0, 0.1) is 6.92 Å². The summed E-state index contributed by atoms with van der Waals surface area (Å²) in [5.41, 5.74) is 1.33. The van der Waals surface area contributed by atoms with Crippen LogP contribution in [0.2, 0.25) is 0 Å². The lowest BCUT2D eigenvalue weighted by Gasteiger charge is -2.15. The van der Waals surface area contributed by atoms with Crippen molar-refractivity contribution in [2.75, 3.05) is 25.5 Å². The molecule has 1 aromatic carbocycles. The molecule has 2 rings (SSSR count). The molecule has 0 fully saturated rings. The van der Waals surface area contributed by atoms with Gasteiger partial charge in [0.1, 0.15) is 5.76 Å². The molecule has 1 aromatic heterocycles. The highest BCUT2D eigenvalue weighted by molar-refractivity contribution is 5.91. The van der Waals surface area contributed by atoms with Crippen LogP contribution in [-0.2, 0) is 11.2 Å². The van der Waals surface area contributed by atoms with Gasteiger partial charge in [0.15, 0.2) is 5.82 Å². The molecule has 5 nitrogen and oxygen atoms in total. The number of nitrogens with zero attached hydrogens (tertiary/aromatic N) is 2. The van der Waals surface area contributed by atoms with Crippen LogP contribution >= 0.6 is 0 Å². The van der Waals surface area contributed by atoms with E-state index in [1.165, 1.54) is 5.56 Å². The average molecular weight is 287 g/mol. The lowest BCUT2D eigenvalue weighted by molar-refractivity contribution is -0.117. The maximum Gasteiger partial charge on any atom is 0.239 e. The smallest absolute Gasteiger partial charge is 0.239 e. The van der Waals surface area contributed by atoms with Crippen molar-refractivity contribution in [2.45, 2.75) is 19.8 Å². The van der Waals surface area contributed by atoms with Crippen LogP contribution in [0.15, 0.2) is 40.9 Å². The molecule has 1 N–H and O–H groups in total. The minimum Gasteiger partial charge on any atom is -0.360 e. The first-order chi connectivity index (χ1) is 10.1. The number of rotatable bonds is 7. The van der Waals surface area contributed by atoms with Crippen LogP contribution in [0.1, 0.15) is 17.7 Å². The summed E-state index contributed by atoms with van der Waals surface area (Å²) >= 11 is 0. The molecule has 5 heteroatoms. The van der Waals surface area contributed by atoms with Crippen molar-refractivity contribution in [2.24, 2.45) is 0 Å². The van der Waals surface area contributed by atoms with E-state index in [1.807, 2.05) is 30.1 Å². The molecule has 0 saturated carbocycles. The van der Waals surface area contributed by atoms with Gasteiger partial charge in [0.05, 0.1) is 6.54 Å². The summed E-state index contributed by atoms with van der Waals surface area (Å²) < 4.78 is 4.91. The van der Waals surface area contributed by atoms with Gasteiger partial charge in [-0.25, -0.2) is 0 Å². The number of aryl methyl sites for hydroxylation is 2. The van der Waals surface area contributed by atoms with Gasteiger partial charge in [-0.15, -0.1) is 0 Å². The summed E-state index contributed by atoms with van der Waals surface area (Å²) in [6, 6.07) is 12.1. The third kappa shape index (κ3) is 5.39. The fourth-order valence-electron chi connectivity index (χ4n) is 2.13. The topological polar surface area (TPSA) is 58.4 Å². The van der Waals surface area contributed by atoms with Gasteiger partial charge < -0.3 is 9.84 Å². The number of benzene rings is 1. The highest BCUT2D eigenvalue weighted by Gasteiger charge is 2.09. The second-order valence-corrected chi connectivity index (χ2v) is 5.20. The lowest BCUT2D eigenvalue weighted by Crippen LogP contribution is -2.31. The van der Waals surface area contributed by atoms with E-state index in [9.17, 15) is 4.79 Å². The molecule has 1 heterocycles. The quantitative estimate of drug-likeness (QED) is 0.850. The van der Waals surface area contributed by atoms with Gasteiger partial charge >= 0.3 is 0 Å². The molecule has 112 valence electrons. The number of carbonyl (C=O) groups excluding carboxylic acids is 1. The Kier molecular flexibility index (Phi) is 5.51. The van der Waals surface area contributed by atoms with E-state index in [2.05, 4.69) is 22.6 Å². The Hall–Kier alpha value is -2.14. The van der Waals surface area contributed by atoms with Crippen LogP contribution in [0.25, 0.3) is 0 Å². The minimum atomic E-state index is -0.0782. The summed E-state index contributed by atoms with van der Waals surface area (Å²) in [4.78, 5) is 13.8. The maximum atomic E-state index is 11.8. The van der Waals surface area contributed by atoms with E-state index in [0.717, 1.165) is 19.4 Å². The van der Waals surface area contributed by atoms with E-state index < -0.39 is 0 Å². The second kappa shape index (κ2) is 7.59. The molecule has 0 unspecified atom stereocenters. The Morgan fingerprint density at radius 3 is 2.76 bits per heavy atom. The highest BCUT2D eigenvalue weighted by atomic mass is 16.5. The number of aromatic nitrogens is 1. The lowest BCUT2D eigenvalue weighted by atomic mass is 10.1. The van der Waals surface area contributed by atoms with Crippen molar-refractivity contribution in [3.05, 3.63) is 47.7 Å². The Morgan fingerprint density at radius 1 is 1.33 bits per heavy atom. The molecule has 21 heavy (non-hydrogen) atoms. The predicted octanol–water partition coefficient (Wildman–Crippen LogP) is 2.49. The van der Waals surface area contributed by atoms with Gasteiger partial charge in [0.2, 0.25) is 5.91 Å². The molecule has 1 amide bonds. The Balaban J connectivity index is 1.67. The molecule has 2 aromatic rings. The zero-order chi connectivity index (χ0) is 15.1.